The summed E-state index contributed by atoms with van der Waals surface area (Å²) in [6.45, 7) is 4.16. The van der Waals surface area contributed by atoms with Crippen molar-refractivity contribution in [3.05, 3.63) is 40.2 Å². The molecule has 0 fully saturated rings. The molecule has 18 nitrogen and oxygen atoms in total. The lowest BCUT2D eigenvalue weighted by molar-refractivity contribution is -0.132. The number of anilines is 1. The third kappa shape index (κ3) is 14.4. The van der Waals surface area contributed by atoms with Gasteiger partial charge in [-0.2, -0.15) is 0 Å². The van der Waals surface area contributed by atoms with Crippen LogP contribution in [0.5, 0.6) is 0 Å². The molecule has 1 heterocycles. The first-order chi connectivity index (χ1) is 21.9. The first-order valence-electron chi connectivity index (χ1n) is 14.5. The van der Waals surface area contributed by atoms with Crippen LogP contribution in [0.1, 0.15) is 45.6 Å². The molecule has 1 aromatic carbocycles. The molecule has 258 valence electrons. The van der Waals surface area contributed by atoms with Crippen LogP contribution >= 0.6 is 7.60 Å². The van der Waals surface area contributed by atoms with Crippen molar-refractivity contribution in [3.63, 3.8) is 0 Å². The van der Waals surface area contributed by atoms with Gasteiger partial charge in [0.2, 0.25) is 29.5 Å². The van der Waals surface area contributed by atoms with Crippen molar-refractivity contribution in [1.82, 2.24) is 21.3 Å². The topological polar surface area (TPSA) is 298 Å². The normalized spacial score (nSPS) is 12.5. The summed E-state index contributed by atoms with van der Waals surface area (Å²) in [6, 6.07) is 3.13. The molecular formula is C28H41N8O10P. The predicted octanol–water partition coefficient (Wildman–Crippen LogP) is -1.27. The van der Waals surface area contributed by atoms with Crippen LogP contribution in [0.25, 0.3) is 11.0 Å². The second-order valence-corrected chi connectivity index (χ2v) is 12.7. The molecule has 0 saturated heterocycles. The number of hydrogen-bond donors (Lipinski definition) is 9. The third-order valence-electron chi connectivity index (χ3n) is 6.34. The van der Waals surface area contributed by atoms with Crippen molar-refractivity contribution in [1.29, 1.82) is 0 Å². The lowest BCUT2D eigenvalue weighted by atomic mass is 10.0. The van der Waals surface area contributed by atoms with Crippen LogP contribution < -0.4 is 43.7 Å². The van der Waals surface area contributed by atoms with Gasteiger partial charge in [-0.05, 0) is 42.9 Å². The van der Waals surface area contributed by atoms with E-state index in [2.05, 4.69) is 31.6 Å². The minimum Gasteiger partial charge on any atom is -0.423 e. The molecule has 0 saturated carbocycles. The van der Waals surface area contributed by atoms with Crippen LogP contribution in [-0.4, -0.2) is 77.0 Å². The molecular weight excluding hydrogens is 639 g/mol. The average molecular weight is 681 g/mol. The maximum Gasteiger partial charge on any atom is 0.336 e. The monoisotopic (exact) mass is 680 g/mol. The van der Waals surface area contributed by atoms with Crippen LogP contribution in [0.3, 0.4) is 0 Å². The fraction of sp³-hybridized carbons (Fsp3) is 0.464. The van der Waals surface area contributed by atoms with Gasteiger partial charge in [-0.3, -0.25) is 33.5 Å². The molecule has 5 amide bonds. The van der Waals surface area contributed by atoms with E-state index < -0.39 is 74.1 Å². The number of fused-ring (bicyclic) bond motifs is 1. The molecule has 0 aliphatic carbocycles. The molecule has 2 aromatic rings. The summed E-state index contributed by atoms with van der Waals surface area (Å²) >= 11 is 0. The zero-order chi connectivity index (χ0) is 35.3. The van der Waals surface area contributed by atoms with E-state index >= 15 is 0 Å². The zero-order valence-electron chi connectivity index (χ0n) is 26.2. The average Bonchev–Trinajstić information content (AvgIpc) is 2.94. The van der Waals surface area contributed by atoms with Gasteiger partial charge in [0.05, 0.1) is 19.3 Å². The van der Waals surface area contributed by atoms with Crippen molar-refractivity contribution >= 4 is 59.7 Å². The maximum atomic E-state index is 13.0. The molecule has 0 bridgehead atoms. The van der Waals surface area contributed by atoms with Gasteiger partial charge >= 0.3 is 13.2 Å². The number of nitrogens with one attached hydrogen (secondary N) is 5. The van der Waals surface area contributed by atoms with E-state index in [-0.39, 0.29) is 47.1 Å². The second-order valence-electron chi connectivity index (χ2n) is 11.1. The number of aliphatic imine (C=N–C) groups is 1. The van der Waals surface area contributed by atoms with Crippen molar-refractivity contribution in [2.24, 2.45) is 22.4 Å². The lowest BCUT2D eigenvalue weighted by Gasteiger charge is -2.23. The smallest absolute Gasteiger partial charge is 0.336 e. The number of guanidine groups is 1. The number of amides is 5. The first kappa shape index (κ1) is 38.4. The van der Waals surface area contributed by atoms with E-state index in [1.165, 1.54) is 25.1 Å². The molecule has 1 aromatic heterocycles. The summed E-state index contributed by atoms with van der Waals surface area (Å²) in [6.07, 6.45) is 0.0635. The highest BCUT2D eigenvalue weighted by atomic mass is 31.2. The van der Waals surface area contributed by atoms with Crippen molar-refractivity contribution in [3.8, 4) is 0 Å². The highest BCUT2D eigenvalue weighted by molar-refractivity contribution is 7.50. The van der Waals surface area contributed by atoms with Crippen molar-refractivity contribution in [2.75, 3.05) is 25.0 Å². The summed E-state index contributed by atoms with van der Waals surface area (Å²) in [4.78, 5) is 96.6. The minimum absolute atomic E-state index is 0.0157. The third-order valence-corrected chi connectivity index (χ3v) is 7.09. The van der Waals surface area contributed by atoms with Crippen LogP contribution in [0, 0.1) is 5.92 Å². The van der Waals surface area contributed by atoms with E-state index in [1.54, 1.807) is 0 Å². The Bertz CT molecular complexity index is 1600. The molecule has 2 atom stereocenters. The van der Waals surface area contributed by atoms with Crippen LogP contribution in [0.15, 0.2) is 38.5 Å². The summed E-state index contributed by atoms with van der Waals surface area (Å²) in [5, 5.41) is 12.7. The van der Waals surface area contributed by atoms with E-state index in [0.29, 0.717) is 12.8 Å². The Labute approximate surface area is 269 Å². The highest BCUT2D eigenvalue weighted by Gasteiger charge is 2.27. The number of nitrogens with two attached hydrogens (primary N) is 2. The van der Waals surface area contributed by atoms with Gasteiger partial charge in [0.1, 0.15) is 17.7 Å². The molecule has 11 N–H and O–H groups in total. The molecule has 0 spiro atoms. The Morgan fingerprint density at radius 3 is 2.26 bits per heavy atom. The number of hydrogen-bond acceptors (Lipinski definition) is 9. The quantitative estimate of drug-likeness (QED) is 0.0311. The van der Waals surface area contributed by atoms with Gasteiger partial charge in [-0.15, -0.1) is 0 Å². The van der Waals surface area contributed by atoms with E-state index in [4.69, 9.17) is 15.9 Å². The minimum atomic E-state index is -4.47. The number of carbonyl (C=O) groups is 5. The number of rotatable bonds is 17. The molecule has 0 aliphatic rings. The SMILES string of the molecule is CC(=O)N[C@@H](CC(C)C)C(=O)N[C@@H](CCCN=C(N)N)C(=O)NCC(=O)NCC(=O)Nc1ccc2c(CP(=O)(O)O)cc(=O)oc2c1. The summed E-state index contributed by atoms with van der Waals surface area (Å²) in [5.41, 5.74) is 10.1. The van der Waals surface area contributed by atoms with E-state index in [9.17, 15) is 43.1 Å². The van der Waals surface area contributed by atoms with Gasteiger partial charge in [0, 0.05) is 36.7 Å². The fourth-order valence-electron chi connectivity index (χ4n) is 4.39. The Hall–Kier alpha value is -4.80. The molecule has 0 unspecified atom stereocenters. The van der Waals surface area contributed by atoms with Gasteiger partial charge in [-0.25, -0.2) is 4.79 Å². The van der Waals surface area contributed by atoms with Gasteiger partial charge < -0.3 is 52.3 Å². The molecule has 47 heavy (non-hydrogen) atoms. The summed E-state index contributed by atoms with van der Waals surface area (Å²) < 4.78 is 16.5. The van der Waals surface area contributed by atoms with Crippen LogP contribution in [-0.2, 0) is 34.7 Å². The Morgan fingerprint density at radius 2 is 1.64 bits per heavy atom. The highest BCUT2D eigenvalue weighted by Crippen LogP contribution is 2.40. The number of carbonyl (C=O) groups excluding carboxylic acids is 5. The molecule has 2 rings (SSSR count). The Morgan fingerprint density at radius 1 is 0.957 bits per heavy atom. The standard InChI is InChI=1S/C28H41N8O10P/c1-15(2)9-21(34-16(3)37)27(42)36-20(5-4-8-31-28(29)30)26(41)33-12-23(38)32-13-24(39)35-18-6-7-19-17(14-47(43,44)45)10-25(40)46-22(19)11-18/h6-7,10-11,15,20-21H,4-5,8-9,12-14H2,1-3H3,(H,32,38)(H,33,41)(H,34,37)(H,35,39)(H,36,42)(H4,29,30,31)(H2,43,44,45)/t20-,21-/m0/s1. The van der Waals surface area contributed by atoms with E-state index in [0.717, 1.165) is 6.07 Å². The zero-order valence-corrected chi connectivity index (χ0v) is 27.1. The lowest BCUT2D eigenvalue weighted by Crippen LogP contribution is -2.54. The van der Waals surface area contributed by atoms with Gasteiger partial charge in [0.15, 0.2) is 5.96 Å². The fourth-order valence-corrected chi connectivity index (χ4v) is 5.10. The second kappa shape index (κ2) is 17.8. The number of nitrogens with zero attached hydrogens (tertiary/aromatic N) is 1. The predicted molar refractivity (Wildman–Crippen MR) is 172 cm³/mol. The van der Waals surface area contributed by atoms with Gasteiger partial charge in [-0.1, -0.05) is 13.8 Å². The van der Waals surface area contributed by atoms with Gasteiger partial charge in [0.25, 0.3) is 0 Å². The number of benzene rings is 1. The van der Waals surface area contributed by atoms with Crippen molar-refractivity contribution < 1.29 is 42.7 Å². The Balaban J connectivity index is 1.98. The molecule has 0 aliphatic heterocycles. The first-order valence-corrected chi connectivity index (χ1v) is 16.3. The Kier molecular flexibility index (Phi) is 14.5. The summed E-state index contributed by atoms with van der Waals surface area (Å²) in [5.74, 6) is -3.16. The molecule has 19 heteroatoms. The maximum absolute atomic E-state index is 13.0. The van der Waals surface area contributed by atoms with Crippen LogP contribution in [0.2, 0.25) is 0 Å². The summed E-state index contributed by atoms with van der Waals surface area (Å²) in [7, 11) is -4.47. The van der Waals surface area contributed by atoms with Crippen molar-refractivity contribution in [2.45, 2.75) is 58.3 Å². The van der Waals surface area contributed by atoms with E-state index in [1.807, 2.05) is 13.8 Å². The largest absolute Gasteiger partial charge is 0.423 e. The molecule has 0 radical (unpaired) electrons. The van der Waals surface area contributed by atoms with Crippen LogP contribution in [0.4, 0.5) is 5.69 Å².